The van der Waals surface area contributed by atoms with Gasteiger partial charge in [0.25, 0.3) is 0 Å². The summed E-state index contributed by atoms with van der Waals surface area (Å²) >= 11 is 1.65. The molecule has 5 nitrogen and oxygen atoms in total. The number of benzene rings is 1. The molecule has 6 heteroatoms. The smallest absolute Gasteiger partial charge is 0.319 e. The molecule has 1 atom stereocenters. The Kier molecular flexibility index (Phi) is 5.27. The molecule has 0 radical (unpaired) electrons. The molecular weight excluding hydrogens is 324 g/mol. The summed E-state index contributed by atoms with van der Waals surface area (Å²) in [5.74, 6) is 0.160. The number of aliphatic hydroxyl groups excluding tert-OH is 1. The largest absolute Gasteiger partial charge is 0.396 e. The van der Waals surface area contributed by atoms with Crippen molar-refractivity contribution in [2.24, 2.45) is 5.92 Å². The maximum atomic E-state index is 12.0. The number of carbonyl (C=O) groups is 2. The van der Waals surface area contributed by atoms with Gasteiger partial charge in [-0.05, 0) is 48.1 Å². The first-order chi connectivity index (χ1) is 11.7. The van der Waals surface area contributed by atoms with Gasteiger partial charge in [-0.3, -0.25) is 4.79 Å². The fourth-order valence-corrected chi connectivity index (χ4v) is 3.68. The average molecular weight is 344 g/mol. The zero-order valence-electron chi connectivity index (χ0n) is 13.2. The van der Waals surface area contributed by atoms with Crippen molar-refractivity contribution in [1.82, 2.24) is 5.32 Å². The number of carbonyl (C=O) groups excluding carboxylic acids is 2. The molecule has 0 bridgehead atoms. The van der Waals surface area contributed by atoms with E-state index in [2.05, 4.69) is 10.6 Å². The van der Waals surface area contributed by atoms with Gasteiger partial charge in [0.2, 0.25) is 0 Å². The lowest BCUT2D eigenvalue weighted by atomic mass is 10.1. The Morgan fingerprint density at radius 3 is 2.92 bits per heavy atom. The van der Waals surface area contributed by atoms with E-state index in [1.807, 2.05) is 23.6 Å². The van der Waals surface area contributed by atoms with Gasteiger partial charge < -0.3 is 15.7 Å². The summed E-state index contributed by atoms with van der Waals surface area (Å²) in [4.78, 5) is 24.8. The van der Waals surface area contributed by atoms with Gasteiger partial charge in [0, 0.05) is 41.6 Å². The molecule has 0 aliphatic heterocycles. The quantitative estimate of drug-likeness (QED) is 0.754. The van der Waals surface area contributed by atoms with Crippen LogP contribution in [0.5, 0.6) is 0 Å². The van der Waals surface area contributed by atoms with E-state index in [0.717, 1.165) is 24.0 Å². The molecule has 126 valence electrons. The molecule has 3 N–H and O–H groups in total. The summed E-state index contributed by atoms with van der Waals surface area (Å²) in [7, 11) is 0. The van der Waals surface area contributed by atoms with Crippen LogP contribution >= 0.6 is 11.3 Å². The number of amides is 2. The Balaban J connectivity index is 1.51. The molecule has 2 aromatic rings. The molecule has 1 aliphatic carbocycles. The number of anilines is 1. The van der Waals surface area contributed by atoms with Crippen molar-refractivity contribution in [3.63, 3.8) is 0 Å². The highest BCUT2D eigenvalue weighted by Gasteiger charge is 2.19. The van der Waals surface area contributed by atoms with Crippen LogP contribution in [0.2, 0.25) is 0 Å². The molecule has 0 saturated heterocycles. The Bertz CT molecular complexity index is 728. The van der Waals surface area contributed by atoms with E-state index in [9.17, 15) is 14.7 Å². The van der Waals surface area contributed by atoms with Crippen LogP contribution in [0, 0.1) is 5.92 Å². The third kappa shape index (κ3) is 4.01. The van der Waals surface area contributed by atoms with Crippen LogP contribution in [0.15, 0.2) is 35.7 Å². The van der Waals surface area contributed by atoms with Crippen LogP contribution in [-0.4, -0.2) is 30.1 Å². The highest BCUT2D eigenvalue weighted by molar-refractivity contribution is 7.09. The van der Waals surface area contributed by atoms with Crippen LogP contribution in [0.1, 0.15) is 27.2 Å². The molecule has 1 aliphatic rings. The lowest BCUT2D eigenvalue weighted by molar-refractivity contribution is 0.0994. The maximum Gasteiger partial charge on any atom is 0.319 e. The number of nitrogens with one attached hydrogen (secondary N) is 2. The number of urea groups is 1. The second-order valence-electron chi connectivity index (χ2n) is 5.96. The van der Waals surface area contributed by atoms with Crippen molar-refractivity contribution >= 4 is 28.8 Å². The minimum atomic E-state index is -0.302. The zero-order chi connectivity index (χ0) is 16.9. The molecule has 0 saturated carbocycles. The average Bonchev–Trinajstić information content (AvgIpc) is 3.21. The highest BCUT2D eigenvalue weighted by Crippen LogP contribution is 2.25. The summed E-state index contributed by atoms with van der Waals surface area (Å²) in [5, 5.41) is 17.0. The third-order valence-electron chi connectivity index (χ3n) is 4.16. The molecule has 1 aromatic carbocycles. The van der Waals surface area contributed by atoms with Gasteiger partial charge in [-0.2, -0.15) is 0 Å². The predicted octanol–water partition coefficient (Wildman–Crippen LogP) is 2.85. The lowest BCUT2D eigenvalue weighted by Gasteiger charge is -2.15. The van der Waals surface area contributed by atoms with Crippen LogP contribution in [0.4, 0.5) is 10.5 Å². The van der Waals surface area contributed by atoms with Crippen LogP contribution in [-0.2, 0) is 12.8 Å². The Morgan fingerprint density at radius 2 is 2.17 bits per heavy atom. The number of hydrogen-bond donors (Lipinski definition) is 3. The number of hydrogen-bond acceptors (Lipinski definition) is 4. The topological polar surface area (TPSA) is 78.4 Å². The second kappa shape index (κ2) is 7.59. The Labute approximate surface area is 144 Å². The van der Waals surface area contributed by atoms with E-state index in [0.29, 0.717) is 18.7 Å². The van der Waals surface area contributed by atoms with Gasteiger partial charge in [0.15, 0.2) is 5.78 Å². The minimum Gasteiger partial charge on any atom is -0.396 e. The minimum absolute atomic E-state index is 0.00737. The monoisotopic (exact) mass is 344 g/mol. The number of rotatable bonds is 6. The van der Waals surface area contributed by atoms with Crippen molar-refractivity contribution in [2.75, 3.05) is 18.5 Å². The highest BCUT2D eigenvalue weighted by atomic mass is 32.1. The lowest BCUT2D eigenvalue weighted by Crippen LogP contribution is -2.34. The zero-order valence-corrected chi connectivity index (χ0v) is 14.1. The number of Topliss-reactive ketones (excluding diaryl/α,β-unsaturated/α-hetero) is 1. The Morgan fingerprint density at radius 1 is 1.29 bits per heavy atom. The van der Waals surface area contributed by atoms with Gasteiger partial charge >= 0.3 is 6.03 Å². The van der Waals surface area contributed by atoms with E-state index in [-0.39, 0.29) is 24.3 Å². The molecule has 1 aromatic heterocycles. The van der Waals surface area contributed by atoms with Gasteiger partial charge in [0.1, 0.15) is 0 Å². The fourth-order valence-electron chi connectivity index (χ4n) is 2.86. The first kappa shape index (κ1) is 16.7. The second-order valence-corrected chi connectivity index (χ2v) is 6.99. The van der Waals surface area contributed by atoms with E-state index >= 15 is 0 Å². The molecular formula is C18H20N2O3S. The van der Waals surface area contributed by atoms with E-state index < -0.39 is 0 Å². The number of aliphatic hydroxyl groups is 1. The summed E-state index contributed by atoms with van der Waals surface area (Å²) in [6.45, 7) is 0.433. The molecule has 0 fully saturated rings. The van der Waals surface area contributed by atoms with Gasteiger partial charge in [-0.25, -0.2) is 4.79 Å². The van der Waals surface area contributed by atoms with Crippen molar-refractivity contribution in [1.29, 1.82) is 0 Å². The van der Waals surface area contributed by atoms with E-state index in [1.54, 1.807) is 23.5 Å². The van der Waals surface area contributed by atoms with Gasteiger partial charge in [-0.15, -0.1) is 11.3 Å². The van der Waals surface area contributed by atoms with Crippen molar-refractivity contribution in [2.45, 2.75) is 19.3 Å². The van der Waals surface area contributed by atoms with E-state index in [4.69, 9.17) is 0 Å². The molecule has 2 amide bonds. The number of fused-ring (bicyclic) bond motifs is 1. The standard InChI is InChI=1S/C18H20N2O3S/c21-11-12(8-15-2-1-7-24-15)10-19-18(23)20-14-4-5-16-13(9-14)3-6-17(16)22/h1-2,4-5,7,9,12,21H,3,6,8,10-11H2,(H2,19,20,23). The fraction of sp³-hybridized carbons (Fsp3) is 0.333. The number of ketones is 1. The summed E-state index contributed by atoms with van der Waals surface area (Å²) in [6, 6.07) is 9.08. The SMILES string of the molecule is O=C(NCC(CO)Cc1cccs1)Nc1ccc2c(c1)CCC2=O. The molecule has 0 spiro atoms. The summed E-state index contributed by atoms with van der Waals surface area (Å²) in [6.07, 6.45) is 2.03. The molecule has 3 rings (SSSR count). The van der Waals surface area contributed by atoms with Crippen LogP contribution in [0.3, 0.4) is 0 Å². The molecule has 1 heterocycles. The third-order valence-corrected chi connectivity index (χ3v) is 5.06. The van der Waals surface area contributed by atoms with E-state index in [1.165, 1.54) is 4.88 Å². The number of aryl methyl sites for hydroxylation is 1. The van der Waals surface area contributed by atoms with Gasteiger partial charge in [0.05, 0.1) is 0 Å². The maximum absolute atomic E-state index is 12.0. The molecule has 1 unspecified atom stereocenters. The Hall–Kier alpha value is -2.18. The number of thiophene rings is 1. The first-order valence-electron chi connectivity index (χ1n) is 8.00. The normalized spacial score (nSPS) is 14.3. The molecule has 24 heavy (non-hydrogen) atoms. The van der Waals surface area contributed by atoms with Crippen LogP contribution in [0.25, 0.3) is 0 Å². The van der Waals surface area contributed by atoms with Crippen molar-refractivity contribution in [3.8, 4) is 0 Å². The predicted molar refractivity (Wildman–Crippen MR) is 94.7 cm³/mol. The first-order valence-corrected chi connectivity index (χ1v) is 8.88. The van der Waals surface area contributed by atoms with Gasteiger partial charge in [-0.1, -0.05) is 6.07 Å². The van der Waals surface area contributed by atoms with Crippen LogP contribution < -0.4 is 10.6 Å². The van der Waals surface area contributed by atoms with Crippen molar-refractivity contribution < 1.29 is 14.7 Å². The summed E-state index contributed by atoms with van der Waals surface area (Å²) in [5.41, 5.74) is 2.43. The van der Waals surface area contributed by atoms with Crippen molar-refractivity contribution in [3.05, 3.63) is 51.7 Å². The summed E-state index contributed by atoms with van der Waals surface area (Å²) < 4.78 is 0.